The van der Waals surface area contributed by atoms with E-state index in [0.717, 1.165) is 16.9 Å². The van der Waals surface area contributed by atoms with Crippen LogP contribution in [0.4, 0.5) is 11.4 Å². The topological polar surface area (TPSA) is 88.2 Å². The van der Waals surface area contributed by atoms with E-state index in [1.165, 1.54) is 13.1 Å². The number of anilines is 2. The second kappa shape index (κ2) is 6.00. The van der Waals surface area contributed by atoms with Gasteiger partial charge in [-0.3, -0.25) is 9.52 Å². The van der Waals surface area contributed by atoms with Crippen LogP contribution in [0.1, 0.15) is 12.5 Å². The molecule has 0 atom stereocenters. The minimum atomic E-state index is -3.75. The molecule has 0 aliphatic heterocycles. The highest BCUT2D eigenvalue weighted by Crippen LogP contribution is 2.27. The molecule has 1 amide bonds. The molecule has 9 heteroatoms. The molecule has 0 saturated carbocycles. The number of amides is 1. The first-order valence-electron chi connectivity index (χ1n) is 5.80. The highest BCUT2D eigenvalue weighted by atomic mass is 35.5. The Kier molecular flexibility index (Phi) is 4.50. The van der Waals surface area contributed by atoms with Crippen molar-refractivity contribution < 1.29 is 13.2 Å². The summed E-state index contributed by atoms with van der Waals surface area (Å²) in [6, 6.07) is 4.96. The highest BCUT2D eigenvalue weighted by Gasteiger charge is 2.18. The minimum absolute atomic E-state index is 0.0248. The first-order valence-corrected chi connectivity index (χ1v) is 8.48. The first kappa shape index (κ1) is 15.7. The Labute approximate surface area is 131 Å². The zero-order valence-electron chi connectivity index (χ0n) is 11.2. The maximum absolute atomic E-state index is 12.2. The largest absolute Gasteiger partial charge is 0.326 e. The lowest BCUT2D eigenvalue weighted by atomic mass is 10.2. The summed E-state index contributed by atoms with van der Waals surface area (Å²) in [5.74, 6) is -0.234. The number of rotatable bonds is 4. The second-order valence-electron chi connectivity index (χ2n) is 4.25. The molecule has 0 fully saturated rings. The monoisotopic (exact) mass is 345 g/mol. The maximum Gasteiger partial charge on any atom is 0.273 e. The van der Waals surface area contributed by atoms with Crippen molar-refractivity contribution in [3.8, 4) is 0 Å². The van der Waals surface area contributed by atoms with Gasteiger partial charge in [0.2, 0.25) is 5.91 Å². The summed E-state index contributed by atoms with van der Waals surface area (Å²) in [5.41, 5.74) is 1.61. The molecule has 1 aromatic carbocycles. The fourth-order valence-electron chi connectivity index (χ4n) is 1.57. The predicted molar refractivity (Wildman–Crippen MR) is 83.4 cm³/mol. The molecule has 0 radical (unpaired) electrons. The van der Waals surface area contributed by atoms with Crippen LogP contribution in [0.2, 0.25) is 4.47 Å². The average molecular weight is 346 g/mol. The summed E-state index contributed by atoms with van der Waals surface area (Å²) >= 11 is 6.52. The first-order chi connectivity index (χ1) is 9.78. The molecule has 2 N–H and O–H groups in total. The van der Waals surface area contributed by atoms with Crippen molar-refractivity contribution in [3.63, 3.8) is 0 Å². The number of carbonyl (C=O) groups is 1. The number of nitrogens with one attached hydrogen (secondary N) is 2. The normalized spacial score (nSPS) is 11.2. The highest BCUT2D eigenvalue weighted by molar-refractivity contribution is 7.94. The van der Waals surface area contributed by atoms with Gasteiger partial charge in [-0.05, 0) is 24.6 Å². The summed E-state index contributed by atoms with van der Waals surface area (Å²) in [7, 11) is -3.75. The molecule has 0 bridgehead atoms. The van der Waals surface area contributed by atoms with Crippen LogP contribution < -0.4 is 10.0 Å². The summed E-state index contributed by atoms with van der Waals surface area (Å²) in [6.45, 7) is 3.14. The lowest BCUT2D eigenvalue weighted by molar-refractivity contribution is -0.114. The standard InChI is InChI=1S/C12H12ClN3O3S2/c1-7-3-4-9(15-8(2)17)5-10(7)16-21(18,19)11-6-14-12(13)20-11/h3-6,16H,1-2H3,(H,15,17). The summed E-state index contributed by atoms with van der Waals surface area (Å²) in [5, 5.41) is 2.60. The number of hydrogen-bond acceptors (Lipinski definition) is 5. The number of benzene rings is 1. The minimum Gasteiger partial charge on any atom is -0.326 e. The Morgan fingerprint density at radius 2 is 2.10 bits per heavy atom. The molecule has 112 valence electrons. The molecule has 2 rings (SSSR count). The molecule has 6 nitrogen and oxygen atoms in total. The molecule has 0 unspecified atom stereocenters. The number of thiazole rings is 1. The van der Waals surface area contributed by atoms with Gasteiger partial charge < -0.3 is 5.32 Å². The van der Waals surface area contributed by atoms with Crippen LogP contribution in [0, 0.1) is 6.92 Å². The van der Waals surface area contributed by atoms with E-state index < -0.39 is 10.0 Å². The number of aromatic nitrogens is 1. The lowest BCUT2D eigenvalue weighted by Gasteiger charge is -2.11. The van der Waals surface area contributed by atoms with Gasteiger partial charge in [-0.1, -0.05) is 29.0 Å². The molecule has 21 heavy (non-hydrogen) atoms. The molecular weight excluding hydrogens is 334 g/mol. The van der Waals surface area contributed by atoms with Gasteiger partial charge in [-0.25, -0.2) is 13.4 Å². The predicted octanol–water partition coefficient (Wildman–Crippen LogP) is 2.86. The fourth-order valence-corrected chi connectivity index (χ4v) is 3.99. The quantitative estimate of drug-likeness (QED) is 0.891. The summed E-state index contributed by atoms with van der Waals surface area (Å²) < 4.78 is 27.1. The molecular formula is C12H12ClN3O3S2. The van der Waals surface area contributed by atoms with E-state index in [2.05, 4.69) is 15.0 Å². The van der Waals surface area contributed by atoms with Gasteiger partial charge in [0.05, 0.1) is 11.9 Å². The van der Waals surface area contributed by atoms with E-state index >= 15 is 0 Å². The van der Waals surface area contributed by atoms with Gasteiger partial charge in [-0.2, -0.15) is 0 Å². The van der Waals surface area contributed by atoms with Crippen molar-refractivity contribution in [1.29, 1.82) is 0 Å². The molecule has 0 spiro atoms. The molecule has 0 aliphatic carbocycles. The van der Waals surface area contributed by atoms with Crippen molar-refractivity contribution >= 4 is 50.2 Å². The van der Waals surface area contributed by atoms with Gasteiger partial charge in [-0.15, -0.1) is 0 Å². The number of hydrogen-bond donors (Lipinski definition) is 2. The third-order valence-electron chi connectivity index (χ3n) is 2.52. The molecule has 1 aromatic heterocycles. The van der Waals surface area contributed by atoms with Crippen LogP contribution >= 0.6 is 22.9 Å². The molecule has 0 saturated heterocycles. The molecule has 1 heterocycles. The number of aryl methyl sites for hydroxylation is 1. The van der Waals surface area contributed by atoms with E-state index in [1.807, 2.05) is 0 Å². The van der Waals surface area contributed by atoms with E-state index in [1.54, 1.807) is 25.1 Å². The Balaban J connectivity index is 2.32. The zero-order valence-corrected chi connectivity index (χ0v) is 13.6. The average Bonchev–Trinajstić information content (AvgIpc) is 2.80. The Morgan fingerprint density at radius 1 is 1.38 bits per heavy atom. The summed E-state index contributed by atoms with van der Waals surface area (Å²) in [4.78, 5) is 14.8. The van der Waals surface area contributed by atoms with Gasteiger partial charge in [0.15, 0.2) is 8.68 Å². The van der Waals surface area contributed by atoms with Crippen molar-refractivity contribution in [1.82, 2.24) is 4.98 Å². The van der Waals surface area contributed by atoms with Crippen molar-refractivity contribution in [2.45, 2.75) is 18.1 Å². The SMILES string of the molecule is CC(=O)Nc1ccc(C)c(NS(=O)(=O)c2cnc(Cl)s2)c1. The molecule has 0 aliphatic rings. The van der Waals surface area contributed by atoms with Crippen LogP contribution in [-0.4, -0.2) is 19.3 Å². The lowest BCUT2D eigenvalue weighted by Crippen LogP contribution is -2.13. The smallest absolute Gasteiger partial charge is 0.273 e. The Morgan fingerprint density at radius 3 is 2.67 bits per heavy atom. The van der Waals surface area contributed by atoms with E-state index in [4.69, 9.17) is 11.6 Å². The van der Waals surface area contributed by atoms with Gasteiger partial charge in [0.25, 0.3) is 10.0 Å². The number of nitrogens with zero attached hydrogens (tertiary/aromatic N) is 1. The Bertz CT molecular complexity index is 787. The zero-order chi connectivity index (χ0) is 15.6. The maximum atomic E-state index is 12.2. The number of carbonyl (C=O) groups excluding carboxylic acids is 1. The van der Waals surface area contributed by atoms with Crippen molar-refractivity contribution in [2.24, 2.45) is 0 Å². The Hall–Kier alpha value is -1.64. The van der Waals surface area contributed by atoms with Crippen LogP contribution in [0.15, 0.2) is 28.6 Å². The third kappa shape index (κ3) is 3.93. The van der Waals surface area contributed by atoms with E-state index in [0.29, 0.717) is 11.4 Å². The van der Waals surface area contributed by atoms with Gasteiger partial charge in [0.1, 0.15) is 0 Å². The van der Waals surface area contributed by atoms with Crippen LogP contribution in [0.25, 0.3) is 0 Å². The molecule has 2 aromatic rings. The number of sulfonamides is 1. The van der Waals surface area contributed by atoms with Gasteiger partial charge in [0, 0.05) is 12.6 Å². The van der Waals surface area contributed by atoms with Crippen LogP contribution in [0.3, 0.4) is 0 Å². The second-order valence-corrected chi connectivity index (χ2v) is 7.77. The fraction of sp³-hybridized carbons (Fsp3) is 0.167. The van der Waals surface area contributed by atoms with Crippen molar-refractivity contribution in [2.75, 3.05) is 10.0 Å². The third-order valence-corrected chi connectivity index (χ3v) is 5.46. The van der Waals surface area contributed by atoms with Crippen molar-refractivity contribution in [3.05, 3.63) is 34.4 Å². The number of halogens is 1. The van der Waals surface area contributed by atoms with E-state index in [-0.39, 0.29) is 14.6 Å². The van der Waals surface area contributed by atoms with Crippen LogP contribution in [-0.2, 0) is 14.8 Å². The van der Waals surface area contributed by atoms with Gasteiger partial charge >= 0.3 is 0 Å². The van der Waals surface area contributed by atoms with E-state index in [9.17, 15) is 13.2 Å². The summed E-state index contributed by atoms with van der Waals surface area (Å²) in [6.07, 6.45) is 1.20. The van der Waals surface area contributed by atoms with Crippen LogP contribution in [0.5, 0.6) is 0 Å².